The number of thiophene rings is 1. The number of nitrogens with one attached hydrogen (secondary N) is 1. The molecule has 0 unspecified atom stereocenters. The number of rotatable bonds is 5. The number of carbonyl (C=O) groups excluding carboxylic acids is 2. The van der Waals surface area contributed by atoms with Crippen LogP contribution in [0.4, 0.5) is 5.69 Å². The lowest BCUT2D eigenvalue weighted by Crippen LogP contribution is -2.29. The molecule has 3 rings (SSSR count). The SMILES string of the molecule is C[C@H](OC(=O)c1cc2c(s1)CCCC2)C(=O)Nc1cccc(S(N)(=O)=O)c1. The van der Waals surface area contributed by atoms with Crippen LogP contribution in [0.1, 0.15) is 39.9 Å². The number of nitrogens with two attached hydrogens (primary N) is 1. The minimum absolute atomic E-state index is 0.117. The summed E-state index contributed by atoms with van der Waals surface area (Å²) in [5.74, 6) is -1.09. The minimum atomic E-state index is -3.87. The van der Waals surface area contributed by atoms with E-state index < -0.39 is 28.0 Å². The lowest BCUT2D eigenvalue weighted by molar-refractivity contribution is -0.123. The van der Waals surface area contributed by atoms with Gasteiger partial charge < -0.3 is 10.1 Å². The summed E-state index contributed by atoms with van der Waals surface area (Å²) >= 11 is 1.42. The number of aryl methyl sites for hydroxylation is 2. The van der Waals surface area contributed by atoms with Gasteiger partial charge in [-0.05, 0) is 62.4 Å². The zero-order valence-corrected chi connectivity index (χ0v) is 16.4. The van der Waals surface area contributed by atoms with E-state index in [4.69, 9.17) is 9.88 Å². The number of anilines is 1. The van der Waals surface area contributed by atoms with Crippen LogP contribution in [-0.2, 0) is 32.4 Å². The second-order valence-corrected chi connectivity index (χ2v) is 9.07. The molecule has 0 aliphatic heterocycles. The normalized spacial score (nSPS) is 14.9. The predicted octanol–water partition coefficient (Wildman–Crippen LogP) is 2.46. The Balaban J connectivity index is 1.64. The highest BCUT2D eigenvalue weighted by Gasteiger charge is 2.23. The molecule has 9 heteroatoms. The van der Waals surface area contributed by atoms with Crippen molar-refractivity contribution in [3.63, 3.8) is 0 Å². The maximum atomic E-state index is 12.3. The average molecular weight is 409 g/mol. The molecule has 1 aromatic carbocycles. The molecule has 0 fully saturated rings. The first-order valence-electron chi connectivity index (χ1n) is 8.50. The highest BCUT2D eigenvalue weighted by molar-refractivity contribution is 7.89. The molecule has 3 N–H and O–H groups in total. The highest BCUT2D eigenvalue weighted by atomic mass is 32.2. The second kappa shape index (κ2) is 7.79. The largest absolute Gasteiger partial charge is 0.448 e. The van der Waals surface area contributed by atoms with Gasteiger partial charge in [-0.3, -0.25) is 4.79 Å². The van der Waals surface area contributed by atoms with E-state index >= 15 is 0 Å². The number of benzene rings is 1. The second-order valence-electron chi connectivity index (χ2n) is 6.38. The summed E-state index contributed by atoms with van der Waals surface area (Å²) in [6, 6.07) is 7.40. The van der Waals surface area contributed by atoms with Crippen LogP contribution in [0.15, 0.2) is 35.2 Å². The lowest BCUT2D eigenvalue weighted by Gasteiger charge is -2.13. The Labute approximate surface area is 161 Å². The molecular formula is C18H20N2O5S2. The molecule has 2 aromatic rings. The molecule has 27 heavy (non-hydrogen) atoms. The van der Waals surface area contributed by atoms with E-state index in [-0.39, 0.29) is 10.6 Å². The molecule has 1 heterocycles. The monoisotopic (exact) mass is 408 g/mol. The van der Waals surface area contributed by atoms with Gasteiger partial charge in [-0.1, -0.05) is 6.07 Å². The Hall–Kier alpha value is -2.23. The first kappa shape index (κ1) is 19.5. The molecule has 144 valence electrons. The van der Waals surface area contributed by atoms with Gasteiger partial charge in [0.2, 0.25) is 10.0 Å². The van der Waals surface area contributed by atoms with Crippen LogP contribution in [-0.4, -0.2) is 26.4 Å². The maximum absolute atomic E-state index is 12.3. The Morgan fingerprint density at radius 2 is 1.96 bits per heavy atom. The molecule has 0 saturated heterocycles. The van der Waals surface area contributed by atoms with E-state index in [1.807, 2.05) is 6.07 Å². The van der Waals surface area contributed by atoms with E-state index in [0.717, 1.165) is 25.7 Å². The summed E-state index contributed by atoms with van der Waals surface area (Å²) in [7, 11) is -3.87. The number of amides is 1. The number of sulfonamides is 1. The molecular weight excluding hydrogens is 388 g/mol. The summed E-state index contributed by atoms with van der Waals surface area (Å²) in [5, 5.41) is 7.61. The zero-order valence-electron chi connectivity index (χ0n) is 14.7. The Kier molecular flexibility index (Phi) is 5.64. The van der Waals surface area contributed by atoms with Gasteiger partial charge in [0.15, 0.2) is 6.10 Å². The van der Waals surface area contributed by atoms with Crippen LogP contribution in [0.25, 0.3) is 0 Å². The Bertz CT molecular complexity index is 958. The maximum Gasteiger partial charge on any atom is 0.349 e. The van der Waals surface area contributed by atoms with Crippen molar-refractivity contribution in [3.05, 3.63) is 45.6 Å². The van der Waals surface area contributed by atoms with Crippen LogP contribution < -0.4 is 10.5 Å². The summed E-state index contributed by atoms with van der Waals surface area (Å²) in [6.45, 7) is 1.46. The van der Waals surface area contributed by atoms with E-state index in [9.17, 15) is 18.0 Å². The molecule has 1 amide bonds. The predicted molar refractivity (Wildman–Crippen MR) is 102 cm³/mol. The fraction of sp³-hybridized carbons (Fsp3) is 0.333. The number of primary sulfonamides is 1. The van der Waals surface area contributed by atoms with E-state index in [0.29, 0.717) is 4.88 Å². The highest BCUT2D eigenvalue weighted by Crippen LogP contribution is 2.30. The van der Waals surface area contributed by atoms with E-state index in [1.54, 1.807) is 0 Å². The molecule has 1 aromatic heterocycles. The standard InChI is InChI=1S/C18H20N2O5S2/c1-11(17(21)20-13-6-4-7-14(10-13)27(19,23)24)25-18(22)16-9-12-5-2-3-8-15(12)26-16/h4,6-7,9-11H,2-3,5,8H2,1H3,(H,20,21)(H2,19,23,24)/t11-/m0/s1. The van der Waals surface area contributed by atoms with Crippen molar-refractivity contribution in [2.24, 2.45) is 5.14 Å². The Morgan fingerprint density at radius 3 is 2.67 bits per heavy atom. The summed E-state index contributed by atoms with van der Waals surface area (Å²) in [4.78, 5) is 26.2. The van der Waals surface area contributed by atoms with Gasteiger partial charge in [-0.2, -0.15) is 0 Å². The molecule has 1 aliphatic carbocycles. The fourth-order valence-corrected chi connectivity index (χ4v) is 4.55. The summed E-state index contributed by atoms with van der Waals surface area (Å²) in [6.07, 6.45) is 3.15. The third-order valence-corrected chi connectivity index (χ3v) is 6.41. The lowest BCUT2D eigenvalue weighted by atomic mass is 9.99. The van der Waals surface area contributed by atoms with Crippen molar-refractivity contribution in [2.45, 2.75) is 43.6 Å². The van der Waals surface area contributed by atoms with Gasteiger partial charge in [0, 0.05) is 10.6 Å². The summed E-state index contributed by atoms with van der Waals surface area (Å²) in [5.41, 5.74) is 1.44. The fourth-order valence-electron chi connectivity index (χ4n) is 2.86. The van der Waals surface area contributed by atoms with Crippen molar-refractivity contribution in [3.8, 4) is 0 Å². The molecule has 7 nitrogen and oxygen atoms in total. The minimum Gasteiger partial charge on any atom is -0.448 e. The van der Waals surface area contributed by atoms with Crippen molar-refractivity contribution in [1.82, 2.24) is 0 Å². The smallest absolute Gasteiger partial charge is 0.349 e. The molecule has 0 radical (unpaired) electrons. The molecule has 1 aliphatic rings. The molecule has 0 saturated carbocycles. The molecule has 1 atom stereocenters. The van der Waals surface area contributed by atoms with Crippen LogP contribution >= 0.6 is 11.3 Å². The number of carbonyl (C=O) groups is 2. The van der Waals surface area contributed by atoms with Crippen molar-refractivity contribution < 1.29 is 22.7 Å². The number of ether oxygens (including phenoxy) is 1. The number of hydrogen-bond acceptors (Lipinski definition) is 6. The van der Waals surface area contributed by atoms with Crippen molar-refractivity contribution in [1.29, 1.82) is 0 Å². The zero-order chi connectivity index (χ0) is 19.6. The first-order valence-corrected chi connectivity index (χ1v) is 10.9. The topological polar surface area (TPSA) is 116 Å². The first-order chi connectivity index (χ1) is 12.7. The van der Waals surface area contributed by atoms with Gasteiger partial charge in [-0.15, -0.1) is 11.3 Å². The van der Waals surface area contributed by atoms with Gasteiger partial charge >= 0.3 is 5.97 Å². The van der Waals surface area contributed by atoms with Crippen LogP contribution in [0, 0.1) is 0 Å². The molecule has 0 bridgehead atoms. The molecule has 0 spiro atoms. The number of esters is 1. The van der Waals surface area contributed by atoms with Gasteiger partial charge in [0.05, 0.1) is 4.90 Å². The van der Waals surface area contributed by atoms with Gasteiger partial charge in [0.1, 0.15) is 4.88 Å². The average Bonchev–Trinajstić information content (AvgIpc) is 3.05. The van der Waals surface area contributed by atoms with Crippen molar-refractivity contribution in [2.75, 3.05) is 5.32 Å². The quantitative estimate of drug-likeness (QED) is 0.738. The third kappa shape index (κ3) is 4.74. The number of fused-ring (bicyclic) bond motifs is 1. The van der Waals surface area contributed by atoms with Crippen LogP contribution in [0.3, 0.4) is 0 Å². The Morgan fingerprint density at radius 1 is 1.22 bits per heavy atom. The summed E-state index contributed by atoms with van der Waals surface area (Å²) < 4.78 is 28.0. The van der Waals surface area contributed by atoms with Crippen LogP contribution in [0.5, 0.6) is 0 Å². The third-order valence-electron chi connectivity index (χ3n) is 4.28. The van der Waals surface area contributed by atoms with Gasteiger partial charge in [-0.25, -0.2) is 18.4 Å². The van der Waals surface area contributed by atoms with Crippen molar-refractivity contribution >= 4 is 38.9 Å². The van der Waals surface area contributed by atoms with E-state index in [2.05, 4.69) is 5.32 Å². The number of hydrogen-bond donors (Lipinski definition) is 2. The van der Waals surface area contributed by atoms with Crippen LogP contribution in [0.2, 0.25) is 0 Å². The van der Waals surface area contributed by atoms with Gasteiger partial charge in [0.25, 0.3) is 5.91 Å². The van der Waals surface area contributed by atoms with E-state index in [1.165, 1.54) is 53.0 Å².